The number of hydrogen-bond acceptors (Lipinski definition) is 3. The number of carbonyl (C=O) groups excluding carboxylic acids is 1. The van der Waals surface area contributed by atoms with Crippen LogP contribution >= 0.6 is 0 Å². The second-order valence-corrected chi connectivity index (χ2v) is 6.35. The van der Waals surface area contributed by atoms with Crippen LogP contribution in [0.3, 0.4) is 0 Å². The van der Waals surface area contributed by atoms with Crippen LogP contribution in [0, 0.1) is 17.3 Å². The number of nitrogens with two attached hydrogens (primary N) is 1. The minimum atomic E-state index is -0.190. The molecule has 1 aliphatic carbocycles. The summed E-state index contributed by atoms with van der Waals surface area (Å²) >= 11 is 0. The van der Waals surface area contributed by atoms with Crippen molar-refractivity contribution in [1.82, 2.24) is 0 Å². The molecule has 1 saturated carbocycles. The molecule has 2 aliphatic rings. The Morgan fingerprint density at radius 3 is 2.39 bits per heavy atom. The maximum Gasteiger partial charge on any atom is 0.140 e. The molecular weight excluding hydrogens is 226 g/mol. The Hall–Kier alpha value is -0.410. The van der Waals surface area contributed by atoms with Crippen LogP contribution in [-0.4, -0.2) is 25.5 Å². The largest absolute Gasteiger partial charge is 0.381 e. The molecule has 2 N–H and O–H groups in total. The van der Waals surface area contributed by atoms with Crippen LogP contribution in [-0.2, 0) is 9.53 Å². The van der Waals surface area contributed by atoms with Crippen LogP contribution in [0.15, 0.2) is 0 Å². The molecule has 0 aromatic rings. The lowest BCUT2D eigenvalue weighted by atomic mass is 9.66. The lowest BCUT2D eigenvalue weighted by Crippen LogP contribution is -2.42. The molecule has 1 heterocycles. The van der Waals surface area contributed by atoms with Crippen molar-refractivity contribution in [2.75, 3.05) is 19.8 Å². The van der Waals surface area contributed by atoms with Crippen molar-refractivity contribution in [2.24, 2.45) is 23.0 Å². The molecule has 1 saturated heterocycles. The van der Waals surface area contributed by atoms with Crippen LogP contribution in [0.25, 0.3) is 0 Å². The number of ketones is 1. The second-order valence-electron chi connectivity index (χ2n) is 6.35. The first-order valence-electron chi connectivity index (χ1n) is 7.47. The van der Waals surface area contributed by atoms with Crippen molar-refractivity contribution in [2.45, 2.75) is 51.9 Å². The summed E-state index contributed by atoms with van der Waals surface area (Å²) < 4.78 is 5.36. The van der Waals surface area contributed by atoms with Crippen molar-refractivity contribution in [3.63, 3.8) is 0 Å². The lowest BCUT2D eigenvalue weighted by molar-refractivity contribution is -0.132. The van der Waals surface area contributed by atoms with E-state index in [-0.39, 0.29) is 5.41 Å². The zero-order valence-electron chi connectivity index (χ0n) is 11.6. The number of rotatable bonds is 4. The van der Waals surface area contributed by atoms with Gasteiger partial charge in [0.1, 0.15) is 5.78 Å². The van der Waals surface area contributed by atoms with Gasteiger partial charge in [-0.3, -0.25) is 4.79 Å². The molecule has 104 valence electrons. The van der Waals surface area contributed by atoms with Gasteiger partial charge in [0.05, 0.1) is 0 Å². The van der Waals surface area contributed by atoms with E-state index in [1.165, 1.54) is 0 Å². The Labute approximate surface area is 110 Å². The van der Waals surface area contributed by atoms with Gasteiger partial charge in [0.15, 0.2) is 0 Å². The van der Waals surface area contributed by atoms with Gasteiger partial charge in [-0.15, -0.1) is 0 Å². The summed E-state index contributed by atoms with van der Waals surface area (Å²) in [4.78, 5) is 12.6. The zero-order valence-corrected chi connectivity index (χ0v) is 11.6. The Bertz CT molecular complexity index is 276. The van der Waals surface area contributed by atoms with E-state index in [4.69, 9.17) is 10.5 Å². The van der Waals surface area contributed by atoms with E-state index in [9.17, 15) is 4.79 Å². The van der Waals surface area contributed by atoms with Crippen LogP contribution in [0.4, 0.5) is 0 Å². The minimum Gasteiger partial charge on any atom is -0.381 e. The lowest BCUT2D eigenvalue weighted by Gasteiger charge is -2.38. The summed E-state index contributed by atoms with van der Waals surface area (Å²) in [5, 5.41) is 0. The first-order chi connectivity index (χ1) is 8.66. The molecule has 0 bridgehead atoms. The molecule has 0 aromatic carbocycles. The normalized spacial score (nSPS) is 34.4. The van der Waals surface area contributed by atoms with E-state index in [1.807, 2.05) is 0 Å². The van der Waals surface area contributed by atoms with Crippen LogP contribution in [0.2, 0.25) is 0 Å². The van der Waals surface area contributed by atoms with Gasteiger partial charge in [0, 0.05) is 31.6 Å². The van der Waals surface area contributed by atoms with Crippen LogP contribution < -0.4 is 5.73 Å². The smallest absolute Gasteiger partial charge is 0.140 e. The summed E-state index contributed by atoms with van der Waals surface area (Å²) in [5.74, 6) is 1.73. The van der Waals surface area contributed by atoms with Crippen LogP contribution in [0.1, 0.15) is 51.9 Å². The van der Waals surface area contributed by atoms with E-state index in [0.717, 1.165) is 64.1 Å². The molecule has 3 nitrogen and oxygen atoms in total. The van der Waals surface area contributed by atoms with Gasteiger partial charge in [-0.2, -0.15) is 0 Å². The van der Waals surface area contributed by atoms with Gasteiger partial charge in [-0.1, -0.05) is 6.92 Å². The Morgan fingerprint density at radius 1 is 1.22 bits per heavy atom. The Morgan fingerprint density at radius 2 is 1.83 bits per heavy atom. The topological polar surface area (TPSA) is 52.3 Å². The number of carbonyl (C=O) groups is 1. The summed E-state index contributed by atoms with van der Waals surface area (Å²) in [5.41, 5.74) is 5.75. The van der Waals surface area contributed by atoms with E-state index >= 15 is 0 Å². The van der Waals surface area contributed by atoms with E-state index in [2.05, 4.69) is 6.92 Å². The quantitative estimate of drug-likeness (QED) is 0.837. The molecule has 0 radical (unpaired) electrons. The van der Waals surface area contributed by atoms with Gasteiger partial charge in [0.2, 0.25) is 0 Å². The van der Waals surface area contributed by atoms with Crippen molar-refractivity contribution in [3.8, 4) is 0 Å². The van der Waals surface area contributed by atoms with Gasteiger partial charge >= 0.3 is 0 Å². The standard InChI is InChI=1S/C15H27NO2/c1-12-2-6-15(11-16,7-3-12)14(17)10-13-4-8-18-9-5-13/h12-13H,2-11,16H2,1H3. The molecule has 3 heteroatoms. The first-order valence-corrected chi connectivity index (χ1v) is 7.47. The van der Waals surface area contributed by atoms with Crippen LogP contribution in [0.5, 0.6) is 0 Å². The molecular formula is C15H27NO2. The highest BCUT2D eigenvalue weighted by Gasteiger charge is 2.40. The monoisotopic (exact) mass is 253 g/mol. The van der Waals surface area contributed by atoms with Crippen molar-refractivity contribution in [1.29, 1.82) is 0 Å². The average molecular weight is 253 g/mol. The number of Topliss-reactive ketones (excluding diaryl/α,β-unsaturated/α-hetero) is 1. The number of hydrogen-bond donors (Lipinski definition) is 1. The van der Waals surface area contributed by atoms with E-state index in [0.29, 0.717) is 18.2 Å². The van der Waals surface area contributed by atoms with Crippen molar-refractivity contribution >= 4 is 5.78 Å². The molecule has 2 rings (SSSR count). The highest BCUT2D eigenvalue weighted by Crippen LogP contribution is 2.40. The van der Waals surface area contributed by atoms with Crippen molar-refractivity contribution in [3.05, 3.63) is 0 Å². The first kappa shape index (κ1) is 14.0. The summed E-state index contributed by atoms with van der Waals surface area (Å²) in [6.45, 7) is 4.47. The third kappa shape index (κ3) is 3.12. The van der Waals surface area contributed by atoms with Gasteiger partial charge in [0.25, 0.3) is 0 Å². The van der Waals surface area contributed by atoms with Gasteiger partial charge in [-0.25, -0.2) is 0 Å². The molecule has 0 spiro atoms. The third-order valence-corrected chi connectivity index (χ3v) is 5.03. The average Bonchev–Trinajstić information content (AvgIpc) is 2.41. The zero-order chi connectivity index (χ0) is 13.0. The van der Waals surface area contributed by atoms with Gasteiger partial charge < -0.3 is 10.5 Å². The highest BCUT2D eigenvalue weighted by molar-refractivity contribution is 5.85. The molecule has 0 atom stereocenters. The molecule has 1 aliphatic heterocycles. The maximum atomic E-state index is 12.6. The molecule has 18 heavy (non-hydrogen) atoms. The number of ether oxygens (including phenoxy) is 1. The molecule has 2 fully saturated rings. The predicted octanol–water partition coefficient (Wildman–Crippen LogP) is 2.53. The third-order valence-electron chi connectivity index (χ3n) is 5.03. The van der Waals surface area contributed by atoms with E-state index < -0.39 is 0 Å². The fourth-order valence-electron chi connectivity index (χ4n) is 3.34. The molecule has 0 amide bonds. The second kappa shape index (κ2) is 6.16. The summed E-state index contributed by atoms with van der Waals surface area (Å²) in [6.07, 6.45) is 7.16. The highest BCUT2D eigenvalue weighted by atomic mass is 16.5. The minimum absolute atomic E-state index is 0.190. The fourth-order valence-corrected chi connectivity index (χ4v) is 3.34. The maximum absolute atomic E-state index is 12.6. The fraction of sp³-hybridized carbons (Fsp3) is 0.933. The predicted molar refractivity (Wildman–Crippen MR) is 72.3 cm³/mol. The SMILES string of the molecule is CC1CCC(CN)(C(=O)CC2CCOCC2)CC1. The van der Waals surface area contributed by atoms with E-state index in [1.54, 1.807) is 0 Å². The summed E-state index contributed by atoms with van der Waals surface area (Å²) in [7, 11) is 0. The van der Waals surface area contributed by atoms with Crippen molar-refractivity contribution < 1.29 is 9.53 Å². The molecule has 0 aromatic heterocycles. The molecule has 0 unspecified atom stereocenters. The Balaban J connectivity index is 1.92. The summed E-state index contributed by atoms with van der Waals surface area (Å²) in [6, 6.07) is 0. The Kier molecular flexibility index (Phi) is 4.79. The van der Waals surface area contributed by atoms with Gasteiger partial charge in [-0.05, 0) is 50.4 Å².